The summed E-state index contributed by atoms with van der Waals surface area (Å²) in [6.45, 7) is 9.75. The van der Waals surface area contributed by atoms with Gasteiger partial charge in [-0.25, -0.2) is 0 Å². The first kappa shape index (κ1) is 12.4. The van der Waals surface area contributed by atoms with Crippen LogP contribution in [0.25, 0.3) is 0 Å². The summed E-state index contributed by atoms with van der Waals surface area (Å²) >= 11 is 0. The van der Waals surface area contributed by atoms with Crippen molar-refractivity contribution in [3.05, 3.63) is 0 Å². The Labute approximate surface area is 101 Å². The summed E-state index contributed by atoms with van der Waals surface area (Å²) in [7, 11) is 0. The van der Waals surface area contributed by atoms with Crippen LogP contribution in [0.4, 0.5) is 0 Å². The summed E-state index contributed by atoms with van der Waals surface area (Å²) in [6.07, 6.45) is 8.48. The van der Waals surface area contributed by atoms with Gasteiger partial charge in [-0.3, -0.25) is 0 Å². The predicted octanol–water partition coefficient (Wildman–Crippen LogP) is 3.98. The zero-order valence-corrected chi connectivity index (χ0v) is 11.6. The highest BCUT2D eigenvalue weighted by atomic mass is 15.0. The van der Waals surface area contributed by atoms with Crippen LogP contribution in [0.3, 0.4) is 0 Å². The van der Waals surface area contributed by atoms with E-state index in [1.54, 1.807) is 0 Å². The van der Waals surface area contributed by atoms with Gasteiger partial charge in [0.2, 0.25) is 0 Å². The Balaban J connectivity index is 1.93. The summed E-state index contributed by atoms with van der Waals surface area (Å²) in [5.41, 5.74) is 0.528. The Morgan fingerprint density at radius 2 is 1.75 bits per heavy atom. The first-order valence-electron chi connectivity index (χ1n) is 7.27. The zero-order valence-electron chi connectivity index (χ0n) is 11.6. The maximum absolute atomic E-state index is 3.99. The highest BCUT2D eigenvalue weighted by Gasteiger charge is 2.37. The Kier molecular flexibility index (Phi) is 3.63. The molecule has 0 heterocycles. The van der Waals surface area contributed by atoms with Gasteiger partial charge in [-0.2, -0.15) is 0 Å². The second-order valence-electron chi connectivity index (χ2n) is 6.97. The van der Waals surface area contributed by atoms with Crippen LogP contribution in [0, 0.1) is 17.3 Å². The van der Waals surface area contributed by atoms with E-state index in [-0.39, 0.29) is 0 Å². The third-order valence-corrected chi connectivity index (χ3v) is 5.38. The molecule has 4 atom stereocenters. The largest absolute Gasteiger partial charge is 0.310 e. The van der Waals surface area contributed by atoms with Gasteiger partial charge in [0, 0.05) is 12.1 Å². The molecule has 2 saturated carbocycles. The molecule has 0 aromatic rings. The smallest absolute Gasteiger partial charge is 0.0121 e. The molecule has 4 unspecified atom stereocenters. The molecule has 2 aliphatic carbocycles. The molecule has 0 radical (unpaired) electrons. The van der Waals surface area contributed by atoms with Crippen molar-refractivity contribution in [2.24, 2.45) is 17.3 Å². The molecule has 94 valence electrons. The molecule has 0 aliphatic heterocycles. The van der Waals surface area contributed by atoms with E-state index >= 15 is 0 Å². The van der Waals surface area contributed by atoms with Gasteiger partial charge in [0.05, 0.1) is 0 Å². The van der Waals surface area contributed by atoms with Crippen molar-refractivity contribution in [1.82, 2.24) is 5.32 Å². The highest BCUT2D eigenvalue weighted by Crippen LogP contribution is 2.39. The van der Waals surface area contributed by atoms with Gasteiger partial charge in [-0.15, -0.1) is 0 Å². The molecule has 1 N–H and O–H groups in total. The maximum atomic E-state index is 3.99. The van der Waals surface area contributed by atoms with E-state index in [9.17, 15) is 0 Å². The maximum Gasteiger partial charge on any atom is 0.0121 e. The van der Waals surface area contributed by atoms with Crippen LogP contribution in [-0.4, -0.2) is 12.1 Å². The SMILES string of the molecule is CC1CCCC(NC2CCCC2(C)C)C1C. The molecule has 2 fully saturated rings. The van der Waals surface area contributed by atoms with Crippen molar-refractivity contribution in [3.63, 3.8) is 0 Å². The third kappa shape index (κ3) is 2.45. The van der Waals surface area contributed by atoms with Crippen LogP contribution in [-0.2, 0) is 0 Å². The normalized spacial score (nSPS) is 43.5. The molecule has 0 spiro atoms. The molecule has 0 aromatic carbocycles. The van der Waals surface area contributed by atoms with E-state index in [2.05, 4.69) is 33.0 Å². The van der Waals surface area contributed by atoms with Crippen LogP contribution in [0.1, 0.15) is 66.2 Å². The lowest BCUT2D eigenvalue weighted by Crippen LogP contribution is -2.49. The molecule has 2 rings (SSSR count). The van der Waals surface area contributed by atoms with Crippen molar-refractivity contribution in [2.45, 2.75) is 78.3 Å². The lowest BCUT2D eigenvalue weighted by atomic mass is 9.76. The Hall–Kier alpha value is -0.0400. The van der Waals surface area contributed by atoms with E-state index in [1.807, 2.05) is 0 Å². The number of rotatable bonds is 2. The van der Waals surface area contributed by atoms with Crippen molar-refractivity contribution >= 4 is 0 Å². The molecule has 0 bridgehead atoms. The molecule has 1 heteroatoms. The first-order valence-corrected chi connectivity index (χ1v) is 7.27. The number of nitrogens with one attached hydrogen (secondary N) is 1. The van der Waals surface area contributed by atoms with Crippen LogP contribution in [0.2, 0.25) is 0 Å². The molecule has 2 aliphatic rings. The molecular weight excluding hydrogens is 194 g/mol. The van der Waals surface area contributed by atoms with Gasteiger partial charge in [0.25, 0.3) is 0 Å². The van der Waals surface area contributed by atoms with Gasteiger partial charge >= 0.3 is 0 Å². The van der Waals surface area contributed by atoms with Crippen molar-refractivity contribution in [3.8, 4) is 0 Å². The standard InChI is InChI=1S/C15H29N/c1-11-7-5-8-13(12(11)2)16-14-9-6-10-15(14,3)4/h11-14,16H,5-10H2,1-4H3. The summed E-state index contributed by atoms with van der Waals surface area (Å²) < 4.78 is 0. The van der Waals surface area contributed by atoms with Crippen LogP contribution < -0.4 is 5.32 Å². The van der Waals surface area contributed by atoms with Gasteiger partial charge in [0.1, 0.15) is 0 Å². The van der Waals surface area contributed by atoms with Crippen LogP contribution in [0.15, 0.2) is 0 Å². The van der Waals surface area contributed by atoms with Gasteiger partial charge in [0.15, 0.2) is 0 Å². The van der Waals surface area contributed by atoms with Crippen molar-refractivity contribution in [2.75, 3.05) is 0 Å². The minimum Gasteiger partial charge on any atom is -0.310 e. The fourth-order valence-electron chi connectivity index (χ4n) is 3.71. The van der Waals surface area contributed by atoms with Crippen molar-refractivity contribution in [1.29, 1.82) is 0 Å². The highest BCUT2D eigenvalue weighted by molar-refractivity contribution is 4.94. The molecule has 16 heavy (non-hydrogen) atoms. The average Bonchev–Trinajstić information content (AvgIpc) is 2.54. The fraction of sp³-hybridized carbons (Fsp3) is 1.00. The molecular formula is C15H29N. The van der Waals surface area contributed by atoms with Gasteiger partial charge < -0.3 is 5.32 Å². The Bertz CT molecular complexity index is 234. The van der Waals surface area contributed by atoms with E-state index in [0.29, 0.717) is 5.41 Å². The molecule has 1 nitrogen and oxygen atoms in total. The molecule has 0 amide bonds. The monoisotopic (exact) mass is 223 g/mol. The minimum absolute atomic E-state index is 0.528. The molecule has 0 aromatic heterocycles. The summed E-state index contributed by atoms with van der Waals surface area (Å²) in [5.74, 6) is 1.78. The quantitative estimate of drug-likeness (QED) is 0.746. The van der Waals surface area contributed by atoms with Gasteiger partial charge in [-0.1, -0.05) is 47.0 Å². The second-order valence-corrected chi connectivity index (χ2v) is 6.97. The summed E-state index contributed by atoms with van der Waals surface area (Å²) in [4.78, 5) is 0. The van der Waals surface area contributed by atoms with Crippen molar-refractivity contribution < 1.29 is 0 Å². The average molecular weight is 223 g/mol. The predicted molar refractivity (Wildman–Crippen MR) is 70.5 cm³/mol. The Morgan fingerprint density at radius 1 is 1.00 bits per heavy atom. The Morgan fingerprint density at radius 3 is 2.38 bits per heavy atom. The second kappa shape index (κ2) is 4.68. The minimum atomic E-state index is 0.528. The van der Waals surface area contributed by atoms with E-state index < -0.39 is 0 Å². The van der Waals surface area contributed by atoms with Crippen LogP contribution in [0.5, 0.6) is 0 Å². The lowest BCUT2D eigenvalue weighted by Gasteiger charge is -2.39. The lowest BCUT2D eigenvalue weighted by molar-refractivity contribution is 0.163. The molecule has 0 saturated heterocycles. The van der Waals surface area contributed by atoms with Gasteiger partial charge in [-0.05, 0) is 36.5 Å². The topological polar surface area (TPSA) is 12.0 Å². The van der Waals surface area contributed by atoms with E-state index in [0.717, 1.165) is 23.9 Å². The van der Waals surface area contributed by atoms with E-state index in [4.69, 9.17) is 0 Å². The zero-order chi connectivity index (χ0) is 11.8. The number of hydrogen-bond acceptors (Lipinski definition) is 1. The summed E-state index contributed by atoms with van der Waals surface area (Å²) in [6, 6.07) is 1.55. The fourth-order valence-corrected chi connectivity index (χ4v) is 3.71. The summed E-state index contributed by atoms with van der Waals surface area (Å²) in [5, 5.41) is 3.99. The van der Waals surface area contributed by atoms with E-state index in [1.165, 1.54) is 38.5 Å². The van der Waals surface area contributed by atoms with Crippen LogP contribution >= 0.6 is 0 Å². The first-order chi connectivity index (χ1) is 7.50. The third-order valence-electron chi connectivity index (χ3n) is 5.38. The number of hydrogen-bond donors (Lipinski definition) is 1.